The molecule has 62 valence electrons. The van der Waals surface area contributed by atoms with E-state index in [-0.39, 0.29) is 24.6 Å². The number of fused-ring (bicyclic) bond motifs is 2. The molecule has 0 saturated carbocycles. The van der Waals surface area contributed by atoms with Crippen LogP contribution in [0.25, 0.3) is 0 Å². The molecule has 0 aromatic rings. The molecular weight excluding hydrogens is 148 g/mol. The standard InChI is InChI=1S/C7H10O4/c1-8-7-6-5-4(11-5)3(10-7)2-9-6/h3-7H,2H2,1H3/t3-,4-,5-,6+,7+/m1/s1. The summed E-state index contributed by atoms with van der Waals surface area (Å²) in [5, 5.41) is 0. The second-order valence-electron chi connectivity index (χ2n) is 3.14. The molecule has 0 unspecified atom stereocenters. The van der Waals surface area contributed by atoms with E-state index in [1.807, 2.05) is 0 Å². The smallest absolute Gasteiger partial charge is 0.186 e. The number of rotatable bonds is 1. The normalized spacial score (nSPS) is 59.2. The van der Waals surface area contributed by atoms with Crippen molar-refractivity contribution < 1.29 is 18.9 Å². The predicted molar refractivity (Wildman–Crippen MR) is 34.1 cm³/mol. The molecular formula is C7H10O4. The summed E-state index contributed by atoms with van der Waals surface area (Å²) in [5.41, 5.74) is 0. The molecule has 0 aromatic carbocycles. The Labute approximate surface area is 64.4 Å². The number of ether oxygens (including phenoxy) is 4. The molecule has 4 saturated heterocycles. The lowest BCUT2D eigenvalue weighted by atomic mass is 10.0. The summed E-state index contributed by atoms with van der Waals surface area (Å²) in [6, 6.07) is 0. The van der Waals surface area contributed by atoms with Crippen molar-refractivity contribution in [1.29, 1.82) is 0 Å². The van der Waals surface area contributed by atoms with Crippen LogP contribution >= 0.6 is 0 Å². The summed E-state index contributed by atoms with van der Waals surface area (Å²) >= 11 is 0. The maximum Gasteiger partial charge on any atom is 0.186 e. The zero-order valence-electron chi connectivity index (χ0n) is 6.23. The molecule has 4 aliphatic heterocycles. The van der Waals surface area contributed by atoms with Crippen LogP contribution in [0.3, 0.4) is 0 Å². The largest absolute Gasteiger partial charge is 0.367 e. The van der Waals surface area contributed by atoms with Gasteiger partial charge in [0.25, 0.3) is 0 Å². The van der Waals surface area contributed by atoms with E-state index in [1.54, 1.807) is 7.11 Å². The molecule has 0 radical (unpaired) electrons. The molecule has 4 rings (SSSR count). The molecule has 0 N–H and O–H groups in total. The lowest BCUT2D eigenvalue weighted by Crippen LogP contribution is -2.54. The first-order valence-electron chi connectivity index (χ1n) is 3.85. The molecule has 11 heavy (non-hydrogen) atoms. The second kappa shape index (κ2) is 1.95. The van der Waals surface area contributed by atoms with Crippen molar-refractivity contribution >= 4 is 0 Å². The number of methoxy groups -OCH3 is 1. The zero-order valence-corrected chi connectivity index (χ0v) is 6.23. The fourth-order valence-corrected chi connectivity index (χ4v) is 1.88. The van der Waals surface area contributed by atoms with Crippen LogP contribution in [-0.4, -0.2) is 44.4 Å². The van der Waals surface area contributed by atoms with Crippen molar-refractivity contribution in [1.82, 2.24) is 0 Å². The monoisotopic (exact) mass is 158 g/mol. The van der Waals surface area contributed by atoms with Gasteiger partial charge in [-0.15, -0.1) is 0 Å². The quantitative estimate of drug-likeness (QED) is 0.483. The van der Waals surface area contributed by atoms with E-state index in [4.69, 9.17) is 18.9 Å². The van der Waals surface area contributed by atoms with Gasteiger partial charge in [-0.25, -0.2) is 0 Å². The molecule has 5 atom stereocenters. The van der Waals surface area contributed by atoms with E-state index in [9.17, 15) is 0 Å². The summed E-state index contributed by atoms with van der Waals surface area (Å²) < 4.78 is 21.4. The minimum Gasteiger partial charge on any atom is -0.367 e. The van der Waals surface area contributed by atoms with E-state index < -0.39 is 0 Å². The highest BCUT2D eigenvalue weighted by Crippen LogP contribution is 2.43. The molecule has 4 nitrogen and oxygen atoms in total. The van der Waals surface area contributed by atoms with Crippen molar-refractivity contribution in [3.8, 4) is 0 Å². The first-order valence-corrected chi connectivity index (χ1v) is 3.85. The minimum atomic E-state index is -0.211. The Kier molecular flexibility index (Phi) is 1.13. The van der Waals surface area contributed by atoms with Gasteiger partial charge in [-0.3, -0.25) is 0 Å². The topological polar surface area (TPSA) is 40.2 Å². The molecule has 4 heterocycles. The molecule has 0 aromatic heterocycles. The summed E-state index contributed by atoms with van der Waals surface area (Å²) in [6.45, 7) is 0.658. The van der Waals surface area contributed by atoms with Gasteiger partial charge < -0.3 is 18.9 Å². The van der Waals surface area contributed by atoms with Crippen molar-refractivity contribution in [3.63, 3.8) is 0 Å². The van der Waals surface area contributed by atoms with Crippen LogP contribution in [-0.2, 0) is 18.9 Å². The summed E-state index contributed by atoms with van der Waals surface area (Å²) in [4.78, 5) is 0. The van der Waals surface area contributed by atoms with Crippen molar-refractivity contribution in [2.75, 3.05) is 13.7 Å². The van der Waals surface area contributed by atoms with Gasteiger partial charge in [0.15, 0.2) is 6.29 Å². The van der Waals surface area contributed by atoms with Crippen molar-refractivity contribution in [2.45, 2.75) is 30.7 Å². The molecule has 4 heteroatoms. The van der Waals surface area contributed by atoms with Crippen molar-refractivity contribution in [2.24, 2.45) is 0 Å². The summed E-state index contributed by atoms with van der Waals surface area (Å²) in [5.74, 6) is 0. The summed E-state index contributed by atoms with van der Waals surface area (Å²) in [6.07, 6.45) is 0.440. The maximum absolute atomic E-state index is 5.52. The molecule has 0 spiro atoms. The van der Waals surface area contributed by atoms with Gasteiger partial charge in [-0.2, -0.15) is 0 Å². The van der Waals surface area contributed by atoms with Crippen LogP contribution in [0.5, 0.6) is 0 Å². The van der Waals surface area contributed by atoms with Gasteiger partial charge in [0.1, 0.15) is 24.4 Å². The first kappa shape index (κ1) is 6.37. The number of hydrogen-bond donors (Lipinski definition) is 0. The Bertz CT molecular complexity index is 183. The van der Waals surface area contributed by atoms with Crippen LogP contribution in [0.1, 0.15) is 0 Å². The van der Waals surface area contributed by atoms with Gasteiger partial charge in [0.2, 0.25) is 0 Å². The lowest BCUT2D eigenvalue weighted by molar-refractivity contribution is -0.282. The minimum absolute atomic E-state index is 0.00926. The van der Waals surface area contributed by atoms with Crippen LogP contribution in [0.15, 0.2) is 0 Å². The average Bonchev–Trinajstić information content (AvgIpc) is 2.84. The Hall–Kier alpha value is -0.160. The van der Waals surface area contributed by atoms with E-state index in [1.165, 1.54) is 0 Å². The molecule has 0 amide bonds. The Morgan fingerprint density at radius 1 is 1.18 bits per heavy atom. The van der Waals surface area contributed by atoms with Gasteiger partial charge in [-0.1, -0.05) is 0 Å². The maximum atomic E-state index is 5.52. The Morgan fingerprint density at radius 2 is 2.09 bits per heavy atom. The van der Waals surface area contributed by atoms with Crippen LogP contribution in [0.2, 0.25) is 0 Å². The van der Waals surface area contributed by atoms with Crippen LogP contribution in [0, 0.1) is 0 Å². The SMILES string of the molecule is CO[C@H]1O[C@@H]2CO[C@H]1[C@@H]1O[C@@H]12. The highest BCUT2D eigenvalue weighted by Gasteiger charge is 2.62. The van der Waals surface area contributed by atoms with Crippen LogP contribution in [0.4, 0.5) is 0 Å². The van der Waals surface area contributed by atoms with E-state index in [0.717, 1.165) is 0 Å². The number of hydrogen-bond acceptors (Lipinski definition) is 4. The van der Waals surface area contributed by atoms with E-state index >= 15 is 0 Å². The zero-order chi connectivity index (χ0) is 7.42. The number of epoxide rings is 1. The van der Waals surface area contributed by atoms with Gasteiger partial charge in [-0.05, 0) is 0 Å². The van der Waals surface area contributed by atoms with E-state index in [0.29, 0.717) is 12.7 Å². The van der Waals surface area contributed by atoms with Crippen molar-refractivity contribution in [3.05, 3.63) is 0 Å². The van der Waals surface area contributed by atoms with Crippen LogP contribution < -0.4 is 0 Å². The summed E-state index contributed by atoms with van der Waals surface area (Å²) in [7, 11) is 1.63. The first-order chi connectivity index (χ1) is 5.40. The fourth-order valence-electron chi connectivity index (χ4n) is 1.88. The van der Waals surface area contributed by atoms with Gasteiger partial charge in [0, 0.05) is 7.11 Å². The molecule has 4 fully saturated rings. The van der Waals surface area contributed by atoms with Gasteiger partial charge in [0.05, 0.1) is 6.61 Å². The highest BCUT2D eigenvalue weighted by molar-refractivity contribution is 5.05. The fraction of sp³-hybridized carbons (Fsp3) is 1.00. The second-order valence-corrected chi connectivity index (χ2v) is 3.14. The molecule has 2 bridgehead atoms. The van der Waals surface area contributed by atoms with Gasteiger partial charge >= 0.3 is 0 Å². The molecule has 0 aliphatic carbocycles. The molecule has 4 aliphatic rings. The predicted octanol–water partition coefficient (Wildman–Crippen LogP) is -0.476. The highest BCUT2D eigenvalue weighted by atomic mass is 16.8. The Morgan fingerprint density at radius 3 is 2.82 bits per heavy atom. The third-order valence-corrected chi connectivity index (χ3v) is 2.51. The Balaban J connectivity index is 1.84. The average molecular weight is 158 g/mol. The lowest BCUT2D eigenvalue weighted by Gasteiger charge is -2.38. The third kappa shape index (κ3) is 0.727. The third-order valence-electron chi connectivity index (χ3n) is 2.51. The van der Waals surface area contributed by atoms with E-state index in [2.05, 4.69) is 0 Å².